The summed E-state index contributed by atoms with van der Waals surface area (Å²) in [6.45, 7) is 9.20. The Morgan fingerprint density at radius 1 is 1.14 bits per heavy atom. The van der Waals surface area contributed by atoms with Crippen molar-refractivity contribution in [2.24, 2.45) is 16.3 Å². The fraction of sp³-hybridized carbons (Fsp3) is 0.462. The molecule has 2 aliphatic rings. The minimum atomic E-state index is -4.46. The van der Waals surface area contributed by atoms with Crippen LogP contribution in [0.4, 0.5) is 13.2 Å². The smallest absolute Gasteiger partial charge is 0.416 e. The first-order valence-corrected chi connectivity index (χ1v) is 11.5. The molecule has 186 valence electrons. The second-order valence-electron chi connectivity index (χ2n) is 10.3. The van der Waals surface area contributed by atoms with Crippen LogP contribution in [-0.4, -0.2) is 33.8 Å². The van der Waals surface area contributed by atoms with Gasteiger partial charge in [-0.05, 0) is 50.3 Å². The van der Waals surface area contributed by atoms with Crippen molar-refractivity contribution in [3.05, 3.63) is 52.9 Å². The number of nitrogens with one attached hydrogen (secondary N) is 1. The number of aromatic amines is 1. The number of aliphatic imine (C=N–C) groups is 1. The molecule has 6 nitrogen and oxygen atoms in total. The summed E-state index contributed by atoms with van der Waals surface area (Å²) < 4.78 is 44.8. The topological polar surface area (TPSA) is 84.4 Å². The molecule has 1 aliphatic heterocycles. The molecule has 1 saturated carbocycles. The third-order valence-electron chi connectivity index (χ3n) is 6.43. The summed E-state index contributed by atoms with van der Waals surface area (Å²) >= 11 is 0. The number of esters is 1. The highest BCUT2D eigenvalue weighted by molar-refractivity contribution is 6.12. The van der Waals surface area contributed by atoms with E-state index in [4.69, 9.17) is 4.74 Å². The number of halogens is 3. The number of nitrogens with zero attached hydrogens (tertiary/aromatic N) is 2. The van der Waals surface area contributed by atoms with Gasteiger partial charge >= 0.3 is 12.1 Å². The highest BCUT2D eigenvalue weighted by Gasteiger charge is 2.48. The number of benzene rings is 1. The van der Waals surface area contributed by atoms with Crippen molar-refractivity contribution in [3.8, 4) is 11.3 Å². The Bertz CT molecular complexity index is 1220. The standard InChI is InChI=1S/C26H28F3N3O3/c1-13(2)35-24(34)20-14(3)31-18-10-25(4,5)11-19(33)22(18)21(20)17-12-30-32-23(17)15-6-8-16(9-7-15)26(27,28)29/h6-9,12-13,21-22H,10-11H2,1-5H3,(H,30,32). The van der Waals surface area contributed by atoms with E-state index in [1.807, 2.05) is 13.8 Å². The Morgan fingerprint density at radius 3 is 2.40 bits per heavy atom. The van der Waals surface area contributed by atoms with Gasteiger partial charge in [-0.2, -0.15) is 18.3 Å². The number of rotatable bonds is 4. The first-order valence-electron chi connectivity index (χ1n) is 11.5. The molecule has 0 radical (unpaired) electrons. The molecule has 1 aliphatic carbocycles. The lowest BCUT2D eigenvalue weighted by molar-refractivity contribution is -0.143. The highest BCUT2D eigenvalue weighted by Crippen LogP contribution is 2.48. The molecular weight excluding hydrogens is 459 g/mol. The monoisotopic (exact) mass is 487 g/mol. The fourth-order valence-corrected chi connectivity index (χ4v) is 5.06. The second-order valence-corrected chi connectivity index (χ2v) is 10.3. The number of fused-ring (bicyclic) bond motifs is 1. The Kier molecular flexibility index (Phi) is 6.23. The molecule has 2 atom stereocenters. The number of aromatic nitrogens is 2. The van der Waals surface area contributed by atoms with Gasteiger partial charge in [-0.25, -0.2) is 4.79 Å². The van der Waals surface area contributed by atoms with Gasteiger partial charge in [0.15, 0.2) is 0 Å². The van der Waals surface area contributed by atoms with Crippen LogP contribution in [0.2, 0.25) is 0 Å². The van der Waals surface area contributed by atoms with Crippen molar-refractivity contribution in [1.82, 2.24) is 10.2 Å². The molecule has 2 unspecified atom stereocenters. The molecule has 1 N–H and O–H groups in total. The first kappa shape index (κ1) is 24.9. The molecule has 0 saturated heterocycles. The van der Waals surface area contributed by atoms with E-state index in [1.165, 1.54) is 18.3 Å². The van der Waals surface area contributed by atoms with E-state index in [0.29, 0.717) is 41.1 Å². The van der Waals surface area contributed by atoms with Gasteiger partial charge in [0.2, 0.25) is 0 Å². The van der Waals surface area contributed by atoms with Crippen LogP contribution in [0.3, 0.4) is 0 Å². The predicted octanol–water partition coefficient (Wildman–Crippen LogP) is 5.86. The summed E-state index contributed by atoms with van der Waals surface area (Å²) in [5.41, 5.74) is 1.88. The Hall–Kier alpha value is -3.23. The van der Waals surface area contributed by atoms with Crippen LogP contribution in [-0.2, 0) is 20.5 Å². The Balaban J connectivity index is 1.86. The maximum absolute atomic E-state index is 13.4. The van der Waals surface area contributed by atoms with Crippen LogP contribution in [0.5, 0.6) is 0 Å². The highest BCUT2D eigenvalue weighted by atomic mass is 19.4. The third kappa shape index (κ3) is 4.81. The van der Waals surface area contributed by atoms with E-state index in [0.717, 1.165) is 12.1 Å². The lowest BCUT2D eigenvalue weighted by atomic mass is 9.63. The quantitative estimate of drug-likeness (QED) is 0.547. The lowest BCUT2D eigenvalue weighted by Crippen LogP contribution is -2.44. The van der Waals surface area contributed by atoms with Crippen molar-refractivity contribution >= 4 is 17.5 Å². The maximum atomic E-state index is 13.4. The predicted molar refractivity (Wildman–Crippen MR) is 125 cm³/mol. The number of carbonyl (C=O) groups excluding carboxylic acids is 2. The van der Waals surface area contributed by atoms with Gasteiger partial charge in [0, 0.05) is 29.3 Å². The Morgan fingerprint density at radius 2 is 1.80 bits per heavy atom. The molecule has 0 spiro atoms. The molecule has 0 bridgehead atoms. The zero-order valence-corrected chi connectivity index (χ0v) is 20.3. The van der Waals surface area contributed by atoms with Crippen molar-refractivity contribution < 1.29 is 27.5 Å². The number of allylic oxidation sites excluding steroid dienone is 1. The zero-order chi connectivity index (χ0) is 25.7. The minimum absolute atomic E-state index is 0.0353. The normalized spacial score (nSPS) is 22.2. The summed E-state index contributed by atoms with van der Waals surface area (Å²) in [5, 5.41) is 7.00. The van der Waals surface area contributed by atoms with Crippen molar-refractivity contribution in [2.45, 2.75) is 65.7 Å². The number of ether oxygens (including phenoxy) is 1. The van der Waals surface area contributed by atoms with Crippen LogP contribution < -0.4 is 0 Å². The zero-order valence-electron chi connectivity index (χ0n) is 20.3. The first-order chi connectivity index (χ1) is 16.3. The largest absolute Gasteiger partial charge is 0.460 e. The molecule has 1 fully saturated rings. The molecule has 0 amide bonds. The molecule has 9 heteroatoms. The van der Waals surface area contributed by atoms with Crippen LogP contribution in [0.15, 0.2) is 46.7 Å². The van der Waals surface area contributed by atoms with Gasteiger partial charge < -0.3 is 4.74 Å². The number of hydrogen-bond donors (Lipinski definition) is 1. The minimum Gasteiger partial charge on any atom is -0.460 e. The molecular formula is C26H28F3N3O3. The number of Topliss-reactive ketones (excluding diaryl/α,β-unsaturated/α-hetero) is 1. The number of H-pyrrole nitrogens is 1. The molecule has 1 aromatic carbocycles. The summed E-state index contributed by atoms with van der Waals surface area (Å²) in [6, 6.07) is 4.70. The third-order valence-corrected chi connectivity index (χ3v) is 6.43. The SMILES string of the molecule is CC1=C(C(=O)OC(C)C)C(c2cn[nH]c2-c2ccc(C(F)(F)F)cc2)C2C(=O)CC(C)(C)CC2=N1. The van der Waals surface area contributed by atoms with Gasteiger partial charge in [0.1, 0.15) is 5.78 Å². The van der Waals surface area contributed by atoms with Crippen LogP contribution in [0.1, 0.15) is 64.5 Å². The Labute approximate surface area is 201 Å². The summed E-state index contributed by atoms with van der Waals surface area (Å²) in [4.78, 5) is 31.3. The number of alkyl halides is 3. The van der Waals surface area contributed by atoms with Gasteiger partial charge in [0.25, 0.3) is 0 Å². The molecule has 2 aromatic rings. The van der Waals surface area contributed by atoms with E-state index in [9.17, 15) is 22.8 Å². The summed E-state index contributed by atoms with van der Waals surface area (Å²) in [7, 11) is 0. The van der Waals surface area contributed by atoms with Crippen molar-refractivity contribution in [1.29, 1.82) is 0 Å². The number of hydrogen-bond acceptors (Lipinski definition) is 5. The van der Waals surface area contributed by atoms with E-state index in [2.05, 4.69) is 15.2 Å². The van der Waals surface area contributed by atoms with E-state index >= 15 is 0 Å². The van der Waals surface area contributed by atoms with Gasteiger partial charge in [0.05, 0.1) is 35.0 Å². The van der Waals surface area contributed by atoms with Gasteiger partial charge in [-0.15, -0.1) is 0 Å². The molecule has 2 heterocycles. The maximum Gasteiger partial charge on any atom is 0.416 e. The number of carbonyl (C=O) groups is 2. The van der Waals surface area contributed by atoms with E-state index < -0.39 is 29.5 Å². The molecule has 35 heavy (non-hydrogen) atoms. The van der Waals surface area contributed by atoms with Gasteiger partial charge in [-0.1, -0.05) is 26.0 Å². The van der Waals surface area contributed by atoms with E-state index in [-0.39, 0.29) is 22.9 Å². The summed E-state index contributed by atoms with van der Waals surface area (Å²) in [6.07, 6.45) is -2.39. The second kappa shape index (κ2) is 8.77. The average Bonchev–Trinajstić information content (AvgIpc) is 3.20. The van der Waals surface area contributed by atoms with Crippen LogP contribution in [0, 0.1) is 11.3 Å². The molecule has 4 rings (SSSR count). The lowest BCUT2D eigenvalue weighted by Gasteiger charge is -2.41. The molecule has 1 aromatic heterocycles. The van der Waals surface area contributed by atoms with Crippen molar-refractivity contribution in [3.63, 3.8) is 0 Å². The average molecular weight is 488 g/mol. The number of ketones is 1. The van der Waals surface area contributed by atoms with Gasteiger partial charge in [-0.3, -0.25) is 14.9 Å². The fourth-order valence-electron chi connectivity index (χ4n) is 5.06. The van der Waals surface area contributed by atoms with E-state index in [1.54, 1.807) is 20.8 Å². The van der Waals surface area contributed by atoms with Crippen LogP contribution >= 0.6 is 0 Å². The van der Waals surface area contributed by atoms with Crippen molar-refractivity contribution in [2.75, 3.05) is 0 Å². The van der Waals surface area contributed by atoms with Crippen LogP contribution in [0.25, 0.3) is 11.3 Å². The summed E-state index contributed by atoms with van der Waals surface area (Å²) in [5.74, 6) is -1.99.